The minimum atomic E-state index is -0.229. The highest BCUT2D eigenvalue weighted by atomic mass is 35.5. The van der Waals surface area contributed by atoms with Crippen LogP contribution in [0.3, 0.4) is 0 Å². The largest absolute Gasteiger partial charge is 0.325 e. The average molecular weight is 305 g/mol. The second-order valence-electron chi connectivity index (χ2n) is 4.13. The molecule has 0 aliphatic rings. The molecule has 2 heterocycles. The molecule has 0 radical (unpaired) electrons. The van der Waals surface area contributed by atoms with Crippen LogP contribution in [0.4, 0.5) is 0 Å². The van der Waals surface area contributed by atoms with Gasteiger partial charge in [0.05, 0.1) is 0 Å². The molecule has 0 bridgehead atoms. The second-order valence-corrected chi connectivity index (χ2v) is 4.93. The SMILES string of the molecule is O=c1cc2[nH]c(/C=C/c3ccc(Cl)cc3)nc(=S)n2[nH]1. The van der Waals surface area contributed by atoms with Gasteiger partial charge in [-0.25, -0.2) is 9.50 Å². The monoisotopic (exact) mass is 304 g/mol. The Morgan fingerprint density at radius 1 is 1.25 bits per heavy atom. The van der Waals surface area contributed by atoms with Crippen LogP contribution in [0.15, 0.2) is 35.1 Å². The van der Waals surface area contributed by atoms with Crippen molar-refractivity contribution >= 4 is 41.6 Å². The maximum atomic E-state index is 11.3. The number of H-pyrrole nitrogens is 2. The molecular formula is C13H9ClN4OS. The summed E-state index contributed by atoms with van der Waals surface area (Å²) in [6, 6.07) is 8.84. The summed E-state index contributed by atoms with van der Waals surface area (Å²) in [6.07, 6.45) is 3.67. The zero-order valence-electron chi connectivity index (χ0n) is 10.1. The van der Waals surface area contributed by atoms with E-state index >= 15 is 0 Å². The Morgan fingerprint density at radius 3 is 2.75 bits per heavy atom. The summed E-state index contributed by atoms with van der Waals surface area (Å²) >= 11 is 10.9. The van der Waals surface area contributed by atoms with Crippen LogP contribution >= 0.6 is 23.8 Å². The van der Waals surface area contributed by atoms with Gasteiger partial charge in [0.1, 0.15) is 11.5 Å². The Bertz CT molecular complexity index is 905. The van der Waals surface area contributed by atoms with Gasteiger partial charge in [-0.15, -0.1) is 0 Å². The smallest absolute Gasteiger partial charge is 0.266 e. The van der Waals surface area contributed by atoms with Crippen molar-refractivity contribution < 1.29 is 0 Å². The first kappa shape index (κ1) is 12.8. The van der Waals surface area contributed by atoms with Gasteiger partial charge in [-0.05, 0) is 36.0 Å². The number of halogens is 1. The molecule has 0 aliphatic carbocycles. The van der Waals surface area contributed by atoms with Crippen molar-refractivity contribution in [3.63, 3.8) is 0 Å². The first-order valence-electron chi connectivity index (χ1n) is 5.77. The van der Waals surface area contributed by atoms with Crippen molar-refractivity contribution in [1.82, 2.24) is 19.6 Å². The van der Waals surface area contributed by atoms with E-state index in [9.17, 15) is 4.79 Å². The molecule has 1 aromatic carbocycles. The van der Waals surface area contributed by atoms with Crippen LogP contribution in [-0.4, -0.2) is 19.6 Å². The molecule has 0 fully saturated rings. The Morgan fingerprint density at radius 2 is 2.00 bits per heavy atom. The van der Waals surface area contributed by atoms with Crippen molar-refractivity contribution in [2.24, 2.45) is 0 Å². The van der Waals surface area contributed by atoms with Gasteiger partial charge in [0.15, 0.2) is 0 Å². The van der Waals surface area contributed by atoms with E-state index in [1.54, 1.807) is 6.08 Å². The normalized spacial score (nSPS) is 11.4. The average Bonchev–Trinajstić information content (AvgIpc) is 2.79. The van der Waals surface area contributed by atoms with Crippen LogP contribution in [-0.2, 0) is 0 Å². The van der Waals surface area contributed by atoms with Gasteiger partial charge in [-0.2, -0.15) is 0 Å². The van der Waals surface area contributed by atoms with Crippen LogP contribution in [0.25, 0.3) is 17.8 Å². The molecule has 0 saturated heterocycles. The third-order valence-electron chi connectivity index (χ3n) is 2.70. The fourth-order valence-corrected chi connectivity index (χ4v) is 2.14. The molecule has 7 heteroatoms. The first-order chi connectivity index (χ1) is 9.61. The molecule has 0 aliphatic heterocycles. The van der Waals surface area contributed by atoms with Crippen LogP contribution in [0.1, 0.15) is 11.4 Å². The van der Waals surface area contributed by atoms with Gasteiger partial charge in [0, 0.05) is 11.1 Å². The van der Waals surface area contributed by atoms with E-state index in [0.29, 0.717) is 16.5 Å². The van der Waals surface area contributed by atoms with Crippen molar-refractivity contribution in [2.45, 2.75) is 0 Å². The molecule has 0 saturated carbocycles. The van der Waals surface area contributed by atoms with Crippen molar-refractivity contribution in [1.29, 1.82) is 0 Å². The van der Waals surface area contributed by atoms with E-state index in [4.69, 9.17) is 23.8 Å². The van der Waals surface area contributed by atoms with Crippen LogP contribution < -0.4 is 5.56 Å². The quantitative estimate of drug-likeness (QED) is 0.715. The summed E-state index contributed by atoms with van der Waals surface area (Å²) in [7, 11) is 0. The van der Waals surface area contributed by atoms with Crippen molar-refractivity contribution in [3.05, 3.63) is 61.9 Å². The second kappa shape index (κ2) is 5.07. The van der Waals surface area contributed by atoms with Gasteiger partial charge < -0.3 is 4.98 Å². The number of aromatic amines is 2. The van der Waals surface area contributed by atoms with Crippen LogP contribution in [0.5, 0.6) is 0 Å². The number of nitrogens with one attached hydrogen (secondary N) is 2. The van der Waals surface area contributed by atoms with Gasteiger partial charge in [-0.1, -0.05) is 29.8 Å². The van der Waals surface area contributed by atoms with E-state index in [-0.39, 0.29) is 10.3 Å². The molecule has 3 aromatic rings. The number of aromatic nitrogens is 4. The van der Waals surface area contributed by atoms with Gasteiger partial charge in [-0.3, -0.25) is 9.89 Å². The molecule has 0 atom stereocenters. The molecule has 3 rings (SSSR count). The molecule has 0 spiro atoms. The third kappa shape index (κ3) is 2.56. The minimum absolute atomic E-state index is 0.229. The predicted octanol–water partition coefficient (Wildman–Crippen LogP) is 2.90. The lowest BCUT2D eigenvalue weighted by molar-refractivity contribution is 0.854. The molecule has 2 N–H and O–H groups in total. The van der Waals surface area contributed by atoms with Crippen molar-refractivity contribution in [3.8, 4) is 0 Å². The van der Waals surface area contributed by atoms with E-state index < -0.39 is 0 Å². The molecule has 100 valence electrons. The summed E-state index contributed by atoms with van der Waals surface area (Å²) in [4.78, 5) is 18.5. The summed E-state index contributed by atoms with van der Waals surface area (Å²) in [6.45, 7) is 0. The highest BCUT2D eigenvalue weighted by Gasteiger charge is 2.00. The number of hydrogen-bond donors (Lipinski definition) is 2. The summed E-state index contributed by atoms with van der Waals surface area (Å²) in [5.74, 6) is 0.573. The number of benzene rings is 1. The van der Waals surface area contributed by atoms with E-state index in [2.05, 4.69) is 15.1 Å². The number of nitrogens with zero attached hydrogens (tertiary/aromatic N) is 2. The first-order valence-corrected chi connectivity index (χ1v) is 6.56. The lowest BCUT2D eigenvalue weighted by atomic mass is 10.2. The minimum Gasteiger partial charge on any atom is -0.325 e. The predicted molar refractivity (Wildman–Crippen MR) is 81.4 cm³/mol. The molecule has 2 aromatic heterocycles. The third-order valence-corrected chi connectivity index (χ3v) is 3.22. The fraction of sp³-hybridized carbons (Fsp3) is 0. The maximum Gasteiger partial charge on any atom is 0.266 e. The summed E-state index contributed by atoms with van der Waals surface area (Å²) in [5, 5.41) is 3.25. The fourth-order valence-electron chi connectivity index (χ4n) is 1.77. The zero-order chi connectivity index (χ0) is 14.1. The maximum absolute atomic E-state index is 11.3. The highest BCUT2D eigenvalue weighted by Crippen LogP contribution is 2.11. The Balaban J connectivity index is 2.00. The van der Waals surface area contributed by atoms with E-state index in [0.717, 1.165) is 5.56 Å². The molecule has 0 amide bonds. The molecule has 5 nitrogen and oxygen atoms in total. The standard InChI is InChI=1S/C13H9ClN4OS/c14-9-4-1-8(2-5-9)3-6-10-15-11-7-12(19)17-18(11)13(20)16-10/h1-7H,(H,17,19)(H,15,16,20)/b6-3+. The van der Waals surface area contributed by atoms with Crippen LogP contribution in [0.2, 0.25) is 5.02 Å². The highest BCUT2D eigenvalue weighted by molar-refractivity contribution is 7.71. The Hall–Kier alpha value is -2.18. The van der Waals surface area contributed by atoms with Gasteiger partial charge >= 0.3 is 0 Å². The van der Waals surface area contributed by atoms with Crippen molar-refractivity contribution in [2.75, 3.05) is 0 Å². The molecular weight excluding hydrogens is 296 g/mol. The van der Waals surface area contributed by atoms with Gasteiger partial charge in [0.25, 0.3) is 5.56 Å². The van der Waals surface area contributed by atoms with E-state index in [1.165, 1.54) is 10.6 Å². The zero-order valence-corrected chi connectivity index (χ0v) is 11.7. The molecule has 20 heavy (non-hydrogen) atoms. The number of hydrogen-bond acceptors (Lipinski definition) is 3. The summed E-state index contributed by atoms with van der Waals surface area (Å²) in [5.41, 5.74) is 1.33. The number of fused-ring (bicyclic) bond motifs is 1. The number of rotatable bonds is 2. The lowest BCUT2D eigenvalue weighted by Gasteiger charge is -1.98. The molecule has 0 unspecified atom stereocenters. The Kier molecular flexibility index (Phi) is 3.25. The topological polar surface area (TPSA) is 65.9 Å². The van der Waals surface area contributed by atoms with E-state index in [1.807, 2.05) is 30.3 Å². The van der Waals surface area contributed by atoms with Crippen LogP contribution in [0, 0.1) is 4.77 Å². The summed E-state index contributed by atoms with van der Waals surface area (Å²) < 4.78 is 1.72. The lowest BCUT2D eigenvalue weighted by Crippen LogP contribution is -2.01. The Labute approximate surface area is 123 Å². The van der Waals surface area contributed by atoms with Gasteiger partial charge in [0.2, 0.25) is 4.77 Å².